The molecule has 0 aliphatic heterocycles. The summed E-state index contributed by atoms with van der Waals surface area (Å²) in [5.41, 5.74) is 0.823. The number of nitrogens with zero attached hydrogens (tertiary/aromatic N) is 2. The minimum Gasteiger partial charge on any atom is -0.326 e. The molecule has 1 heterocycles. The van der Waals surface area contributed by atoms with Gasteiger partial charge in [0, 0.05) is 22.7 Å². The van der Waals surface area contributed by atoms with Gasteiger partial charge in [-0.1, -0.05) is 32.9 Å². The zero-order valence-corrected chi connectivity index (χ0v) is 19.0. The molecule has 0 atom stereocenters. The summed E-state index contributed by atoms with van der Waals surface area (Å²) in [6, 6.07) is 11.7. The predicted octanol–water partition coefficient (Wildman–Crippen LogP) is 6.01. The van der Waals surface area contributed by atoms with E-state index in [9.17, 15) is 22.8 Å². The van der Waals surface area contributed by atoms with Crippen molar-refractivity contribution in [2.24, 2.45) is 5.41 Å². The number of amides is 2. The minimum atomic E-state index is -4.48. The Morgan fingerprint density at radius 3 is 2.24 bits per heavy atom. The van der Waals surface area contributed by atoms with Crippen LogP contribution in [0.25, 0.3) is 5.69 Å². The number of carbonyl (C=O) groups excluding carboxylic acids is 2. The third kappa shape index (κ3) is 5.13. The highest BCUT2D eigenvalue weighted by Gasteiger charge is 2.34. The fourth-order valence-corrected chi connectivity index (χ4v) is 3.49. The van der Waals surface area contributed by atoms with Crippen molar-refractivity contribution in [3.05, 3.63) is 71.5 Å². The van der Waals surface area contributed by atoms with Gasteiger partial charge in [0.1, 0.15) is 0 Å². The van der Waals surface area contributed by atoms with Gasteiger partial charge in [0.25, 0.3) is 5.91 Å². The van der Waals surface area contributed by atoms with Crippen molar-refractivity contribution in [2.45, 2.75) is 45.7 Å². The average molecular weight is 470 g/mol. The normalized spacial score (nSPS) is 14.1. The summed E-state index contributed by atoms with van der Waals surface area (Å²) in [5, 5.41) is 9.88. The van der Waals surface area contributed by atoms with Gasteiger partial charge in [0.2, 0.25) is 5.91 Å². The topological polar surface area (TPSA) is 76.0 Å². The highest BCUT2D eigenvalue weighted by molar-refractivity contribution is 6.05. The maximum atomic E-state index is 13.2. The molecule has 0 spiro atoms. The van der Waals surface area contributed by atoms with Crippen LogP contribution in [-0.2, 0) is 11.0 Å². The highest BCUT2D eigenvalue weighted by atomic mass is 19.4. The summed E-state index contributed by atoms with van der Waals surface area (Å²) in [7, 11) is 0. The molecule has 2 aromatic carbocycles. The van der Waals surface area contributed by atoms with E-state index >= 15 is 0 Å². The molecule has 0 unspecified atom stereocenters. The van der Waals surface area contributed by atoms with Crippen LogP contribution in [0.1, 0.15) is 61.1 Å². The van der Waals surface area contributed by atoms with Gasteiger partial charge in [-0.2, -0.15) is 18.3 Å². The van der Waals surface area contributed by atoms with Gasteiger partial charge in [-0.15, -0.1) is 0 Å². The van der Waals surface area contributed by atoms with Crippen LogP contribution in [0.5, 0.6) is 0 Å². The molecule has 1 saturated carbocycles. The van der Waals surface area contributed by atoms with Crippen LogP contribution in [0.2, 0.25) is 0 Å². The number of benzene rings is 2. The quantitative estimate of drug-likeness (QED) is 0.480. The largest absolute Gasteiger partial charge is 0.416 e. The van der Waals surface area contributed by atoms with Crippen molar-refractivity contribution in [3.63, 3.8) is 0 Å². The first-order valence-electron chi connectivity index (χ1n) is 10.9. The Balaban J connectivity index is 1.60. The van der Waals surface area contributed by atoms with Gasteiger partial charge in [-0.05, 0) is 49.2 Å². The van der Waals surface area contributed by atoms with Crippen LogP contribution in [0.3, 0.4) is 0 Å². The number of rotatable bonds is 5. The summed E-state index contributed by atoms with van der Waals surface area (Å²) in [4.78, 5) is 25.4. The third-order valence-corrected chi connectivity index (χ3v) is 5.49. The molecular weight excluding hydrogens is 445 g/mol. The molecule has 0 saturated heterocycles. The van der Waals surface area contributed by atoms with Crippen molar-refractivity contribution in [3.8, 4) is 5.69 Å². The molecule has 0 bridgehead atoms. The number of hydrogen-bond acceptors (Lipinski definition) is 3. The van der Waals surface area contributed by atoms with Crippen molar-refractivity contribution in [1.82, 2.24) is 9.78 Å². The molecule has 1 aliphatic rings. The van der Waals surface area contributed by atoms with Crippen molar-refractivity contribution in [2.75, 3.05) is 10.6 Å². The monoisotopic (exact) mass is 470 g/mol. The van der Waals surface area contributed by atoms with Gasteiger partial charge in [0.15, 0.2) is 0 Å². The van der Waals surface area contributed by atoms with E-state index in [0.29, 0.717) is 22.6 Å². The molecule has 2 amide bonds. The minimum absolute atomic E-state index is 0.0511. The summed E-state index contributed by atoms with van der Waals surface area (Å²) in [6.45, 7) is 5.40. The Hall–Kier alpha value is -3.62. The summed E-state index contributed by atoms with van der Waals surface area (Å²) < 4.78 is 41.0. The Morgan fingerprint density at radius 1 is 0.971 bits per heavy atom. The maximum Gasteiger partial charge on any atom is 0.416 e. The lowest BCUT2D eigenvalue weighted by Crippen LogP contribution is -2.27. The molecule has 1 aromatic heterocycles. The van der Waals surface area contributed by atoms with Gasteiger partial charge in [0.05, 0.1) is 28.7 Å². The lowest BCUT2D eigenvalue weighted by atomic mass is 9.95. The zero-order chi connectivity index (χ0) is 24.7. The zero-order valence-electron chi connectivity index (χ0n) is 19.0. The van der Waals surface area contributed by atoms with E-state index in [0.717, 1.165) is 25.0 Å². The van der Waals surface area contributed by atoms with E-state index in [-0.39, 0.29) is 17.5 Å². The fourth-order valence-electron chi connectivity index (χ4n) is 3.49. The molecular formula is C25H25F3N4O2. The van der Waals surface area contributed by atoms with E-state index in [4.69, 9.17) is 0 Å². The Kier molecular flexibility index (Phi) is 5.97. The number of carbonyl (C=O) groups is 2. The number of nitrogens with one attached hydrogen (secondary N) is 2. The predicted molar refractivity (Wildman–Crippen MR) is 123 cm³/mol. The first-order valence-corrected chi connectivity index (χ1v) is 10.9. The number of aromatic nitrogens is 2. The SMILES string of the molecule is CC(C)(C)C(=O)Nc1cccc(NC(=O)c2cnn(-c3cccc(C(F)(F)F)c3)c2C2CC2)c1. The van der Waals surface area contributed by atoms with Crippen LogP contribution >= 0.6 is 0 Å². The summed E-state index contributed by atoms with van der Waals surface area (Å²) in [5.74, 6) is -0.524. The molecule has 3 aromatic rings. The Labute approximate surface area is 195 Å². The molecule has 2 N–H and O–H groups in total. The number of alkyl halides is 3. The van der Waals surface area contributed by atoms with Gasteiger partial charge in [-0.3, -0.25) is 9.59 Å². The van der Waals surface area contributed by atoms with E-state index in [1.807, 2.05) is 0 Å². The number of anilines is 2. The average Bonchev–Trinajstić information content (AvgIpc) is 3.50. The fraction of sp³-hybridized carbons (Fsp3) is 0.320. The second-order valence-electron chi connectivity index (χ2n) is 9.42. The van der Waals surface area contributed by atoms with Gasteiger partial charge >= 0.3 is 6.18 Å². The number of halogens is 3. The summed E-state index contributed by atoms with van der Waals surface area (Å²) in [6.07, 6.45) is -1.43. The lowest BCUT2D eigenvalue weighted by Gasteiger charge is -2.18. The second-order valence-corrected chi connectivity index (χ2v) is 9.42. The Bertz CT molecular complexity index is 1240. The van der Waals surface area contributed by atoms with Crippen LogP contribution in [-0.4, -0.2) is 21.6 Å². The first kappa shape index (κ1) is 23.5. The van der Waals surface area contributed by atoms with E-state index in [2.05, 4.69) is 15.7 Å². The van der Waals surface area contributed by atoms with Crippen LogP contribution in [0.4, 0.5) is 24.5 Å². The smallest absolute Gasteiger partial charge is 0.326 e. The third-order valence-electron chi connectivity index (χ3n) is 5.49. The molecule has 6 nitrogen and oxygen atoms in total. The Morgan fingerprint density at radius 2 is 1.62 bits per heavy atom. The molecule has 1 fully saturated rings. The number of hydrogen-bond donors (Lipinski definition) is 2. The van der Waals surface area contributed by atoms with E-state index < -0.39 is 23.1 Å². The lowest BCUT2D eigenvalue weighted by molar-refractivity contribution is -0.137. The van der Waals surface area contributed by atoms with Gasteiger partial charge < -0.3 is 10.6 Å². The summed E-state index contributed by atoms with van der Waals surface area (Å²) >= 11 is 0. The van der Waals surface area contributed by atoms with Crippen LogP contribution < -0.4 is 10.6 Å². The highest BCUT2D eigenvalue weighted by Crippen LogP contribution is 2.43. The van der Waals surface area contributed by atoms with Crippen LogP contribution in [0.15, 0.2) is 54.7 Å². The maximum absolute atomic E-state index is 13.2. The molecule has 9 heteroatoms. The molecule has 4 rings (SSSR count). The molecule has 1 aliphatic carbocycles. The van der Waals surface area contributed by atoms with Crippen LogP contribution in [0, 0.1) is 5.41 Å². The molecule has 34 heavy (non-hydrogen) atoms. The molecule has 0 radical (unpaired) electrons. The van der Waals surface area contributed by atoms with E-state index in [1.54, 1.807) is 45.0 Å². The standard InChI is InChI=1S/C25H25F3N4O2/c1-24(2,3)23(34)31-18-8-5-7-17(13-18)30-22(33)20-14-29-32(21(20)15-10-11-15)19-9-4-6-16(12-19)25(26,27)28/h4-9,12-15H,10-11H2,1-3H3,(H,30,33)(H,31,34). The van der Waals surface area contributed by atoms with E-state index in [1.165, 1.54) is 23.0 Å². The van der Waals surface area contributed by atoms with Crippen molar-refractivity contribution < 1.29 is 22.8 Å². The molecule has 178 valence electrons. The van der Waals surface area contributed by atoms with Crippen molar-refractivity contribution in [1.29, 1.82) is 0 Å². The van der Waals surface area contributed by atoms with Gasteiger partial charge in [-0.25, -0.2) is 4.68 Å². The van der Waals surface area contributed by atoms with Crippen molar-refractivity contribution >= 4 is 23.2 Å². The second kappa shape index (κ2) is 8.62. The first-order chi connectivity index (χ1) is 15.9.